The van der Waals surface area contributed by atoms with Crippen LogP contribution in [0.1, 0.15) is 5.69 Å². The number of rotatable bonds is 3. The first-order valence-corrected chi connectivity index (χ1v) is 5.62. The molecule has 0 fully saturated rings. The standard InChI is InChI=1S/C11H11BrFN3/c1-16-9(4-5-15-16)7-14-8-2-3-10(12)11(13)6-8/h2-6,14H,7H2,1H3. The van der Waals surface area contributed by atoms with Gasteiger partial charge in [-0.05, 0) is 40.2 Å². The second-order valence-electron chi connectivity index (χ2n) is 3.43. The summed E-state index contributed by atoms with van der Waals surface area (Å²) in [6, 6.07) is 6.88. The van der Waals surface area contributed by atoms with E-state index in [9.17, 15) is 4.39 Å². The molecule has 0 bridgehead atoms. The fourth-order valence-electron chi connectivity index (χ4n) is 1.37. The van der Waals surface area contributed by atoms with Crippen LogP contribution in [0.2, 0.25) is 0 Å². The number of nitrogens with zero attached hydrogens (tertiary/aromatic N) is 2. The smallest absolute Gasteiger partial charge is 0.139 e. The normalized spacial score (nSPS) is 10.4. The van der Waals surface area contributed by atoms with E-state index in [-0.39, 0.29) is 5.82 Å². The molecule has 2 rings (SSSR count). The summed E-state index contributed by atoms with van der Waals surface area (Å²) >= 11 is 3.11. The molecule has 1 aromatic heterocycles. The Kier molecular flexibility index (Phi) is 3.24. The van der Waals surface area contributed by atoms with Crippen molar-refractivity contribution in [3.63, 3.8) is 0 Å². The second kappa shape index (κ2) is 4.65. The number of anilines is 1. The summed E-state index contributed by atoms with van der Waals surface area (Å²) in [6.07, 6.45) is 1.74. The van der Waals surface area contributed by atoms with Gasteiger partial charge < -0.3 is 5.32 Å². The van der Waals surface area contributed by atoms with Gasteiger partial charge in [-0.2, -0.15) is 5.10 Å². The van der Waals surface area contributed by atoms with Gasteiger partial charge in [-0.3, -0.25) is 4.68 Å². The van der Waals surface area contributed by atoms with Crippen molar-refractivity contribution in [2.24, 2.45) is 7.05 Å². The number of halogens is 2. The Hall–Kier alpha value is -1.36. The van der Waals surface area contributed by atoms with E-state index in [0.29, 0.717) is 11.0 Å². The third kappa shape index (κ3) is 2.41. The lowest BCUT2D eigenvalue weighted by molar-refractivity contribution is 0.621. The minimum absolute atomic E-state index is 0.269. The predicted molar refractivity (Wildman–Crippen MR) is 64.6 cm³/mol. The zero-order chi connectivity index (χ0) is 11.5. The van der Waals surface area contributed by atoms with Crippen molar-refractivity contribution >= 4 is 21.6 Å². The molecule has 1 heterocycles. The van der Waals surface area contributed by atoms with Crippen molar-refractivity contribution in [2.45, 2.75) is 6.54 Å². The van der Waals surface area contributed by atoms with Gasteiger partial charge in [-0.15, -0.1) is 0 Å². The molecule has 0 saturated carbocycles. The van der Waals surface area contributed by atoms with Crippen LogP contribution in [-0.4, -0.2) is 9.78 Å². The van der Waals surface area contributed by atoms with Crippen LogP contribution < -0.4 is 5.32 Å². The lowest BCUT2D eigenvalue weighted by Crippen LogP contribution is -2.05. The highest BCUT2D eigenvalue weighted by Crippen LogP contribution is 2.19. The van der Waals surface area contributed by atoms with Gasteiger partial charge in [0.1, 0.15) is 5.82 Å². The zero-order valence-corrected chi connectivity index (χ0v) is 10.3. The molecular weight excluding hydrogens is 273 g/mol. The van der Waals surface area contributed by atoms with Crippen LogP contribution in [0.25, 0.3) is 0 Å². The largest absolute Gasteiger partial charge is 0.379 e. The molecule has 0 radical (unpaired) electrons. The molecule has 0 saturated heterocycles. The molecular formula is C11H11BrFN3. The lowest BCUT2D eigenvalue weighted by atomic mass is 10.3. The minimum atomic E-state index is -0.269. The van der Waals surface area contributed by atoms with E-state index < -0.39 is 0 Å². The monoisotopic (exact) mass is 283 g/mol. The number of aryl methyl sites for hydroxylation is 1. The maximum absolute atomic E-state index is 13.2. The first-order chi connectivity index (χ1) is 7.66. The summed E-state index contributed by atoms with van der Waals surface area (Å²) in [6.45, 7) is 0.623. The van der Waals surface area contributed by atoms with Crippen molar-refractivity contribution < 1.29 is 4.39 Å². The first kappa shape index (κ1) is 11.1. The number of hydrogen-bond acceptors (Lipinski definition) is 2. The Morgan fingerprint density at radius 3 is 2.88 bits per heavy atom. The fourth-order valence-corrected chi connectivity index (χ4v) is 1.62. The number of benzene rings is 1. The van der Waals surface area contributed by atoms with Gasteiger partial charge in [-0.1, -0.05) is 0 Å². The first-order valence-electron chi connectivity index (χ1n) is 4.82. The van der Waals surface area contributed by atoms with Crippen LogP contribution in [0.3, 0.4) is 0 Å². The summed E-state index contributed by atoms with van der Waals surface area (Å²) in [7, 11) is 1.87. The topological polar surface area (TPSA) is 29.9 Å². The summed E-state index contributed by atoms with van der Waals surface area (Å²) < 4.78 is 15.5. The Morgan fingerprint density at radius 2 is 2.25 bits per heavy atom. The predicted octanol–water partition coefficient (Wildman–Crippen LogP) is 2.93. The van der Waals surface area contributed by atoms with Gasteiger partial charge >= 0.3 is 0 Å². The maximum atomic E-state index is 13.2. The summed E-state index contributed by atoms with van der Waals surface area (Å²) in [5.41, 5.74) is 1.80. The molecule has 1 N–H and O–H groups in total. The molecule has 0 atom stereocenters. The molecule has 1 aromatic carbocycles. The van der Waals surface area contributed by atoms with Crippen molar-refractivity contribution in [1.29, 1.82) is 0 Å². The van der Waals surface area contributed by atoms with E-state index >= 15 is 0 Å². The highest BCUT2D eigenvalue weighted by Gasteiger charge is 2.01. The van der Waals surface area contributed by atoms with Crippen LogP contribution in [0.5, 0.6) is 0 Å². The molecule has 0 aliphatic carbocycles. The molecule has 0 aliphatic rings. The SMILES string of the molecule is Cn1nccc1CNc1ccc(Br)c(F)c1. The van der Waals surface area contributed by atoms with E-state index in [1.807, 2.05) is 19.2 Å². The Bertz CT molecular complexity index is 496. The minimum Gasteiger partial charge on any atom is -0.379 e. The van der Waals surface area contributed by atoms with E-state index in [2.05, 4.69) is 26.3 Å². The lowest BCUT2D eigenvalue weighted by Gasteiger charge is -2.07. The second-order valence-corrected chi connectivity index (χ2v) is 4.28. The van der Waals surface area contributed by atoms with Crippen LogP contribution in [0.4, 0.5) is 10.1 Å². The third-order valence-corrected chi connectivity index (χ3v) is 2.96. The molecule has 0 amide bonds. The van der Waals surface area contributed by atoms with E-state index in [1.54, 1.807) is 16.9 Å². The van der Waals surface area contributed by atoms with Crippen LogP contribution in [-0.2, 0) is 13.6 Å². The number of aromatic nitrogens is 2. The number of hydrogen-bond donors (Lipinski definition) is 1. The van der Waals surface area contributed by atoms with Crippen molar-refractivity contribution in [3.8, 4) is 0 Å². The summed E-state index contributed by atoms with van der Waals surface area (Å²) in [4.78, 5) is 0. The highest BCUT2D eigenvalue weighted by molar-refractivity contribution is 9.10. The van der Waals surface area contributed by atoms with Crippen LogP contribution in [0, 0.1) is 5.82 Å². The zero-order valence-electron chi connectivity index (χ0n) is 8.74. The van der Waals surface area contributed by atoms with Crippen LogP contribution in [0.15, 0.2) is 34.9 Å². The average Bonchev–Trinajstić information content (AvgIpc) is 2.66. The van der Waals surface area contributed by atoms with Gasteiger partial charge in [-0.25, -0.2) is 4.39 Å². The van der Waals surface area contributed by atoms with Gasteiger partial charge in [0.25, 0.3) is 0 Å². The Morgan fingerprint density at radius 1 is 1.44 bits per heavy atom. The third-order valence-electron chi connectivity index (χ3n) is 2.32. The summed E-state index contributed by atoms with van der Waals surface area (Å²) in [5, 5.41) is 7.19. The van der Waals surface area contributed by atoms with Crippen molar-refractivity contribution in [1.82, 2.24) is 9.78 Å². The van der Waals surface area contributed by atoms with Gasteiger partial charge in [0.15, 0.2) is 0 Å². The fraction of sp³-hybridized carbons (Fsp3) is 0.182. The van der Waals surface area contributed by atoms with E-state index in [1.165, 1.54) is 6.07 Å². The van der Waals surface area contributed by atoms with E-state index in [0.717, 1.165) is 11.4 Å². The molecule has 2 aromatic rings. The Labute approximate surface area is 101 Å². The molecule has 5 heteroatoms. The van der Waals surface area contributed by atoms with Gasteiger partial charge in [0.2, 0.25) is 0 Å². The average molecular weight is 284 g/mol. The molecule has 84 valence electrons. The van der Waals surface area contributed by atoms with E-state index in [4.69, 9.17) is 0 Å². The van der Waals surface area contributed by atoms with Gasteiger partial charge in [0, 0.05) is 18.9 Å². The molecule has 16 heavy (non-hydrogen) atoms. The molecule has 0 unspecified atom stereocenters. The maximum Gasteiger partial charge on any atom is 0.139 e. The van der Waals surface area contributed by atoms with Crippen molar-refractivity contribution in [2.75, 3.05) is 5.32 Å². The quantitative estimate of drug-likeness (QED) is 0.939. The number of nitrogens with one attached hydrogen (secondary N) is 1. The highest BCUT2D eigenvalue weighted by atomic mass is 79.9. The molecule has 3 nitrogen and oxygen atoms in total. The van der Waals surface area contributed by atoms with Gasteiger partial charge in [0.05, 0.1) is 16.7 Å². The van der Waals surface area contributed by atoms with Crippen molar-refractivity contribution in [3.05, 3.63) is 46.4 Å². The Balaban J connectivity index is 2.05. The van der Waals surface area contributed by atoms with Crippen LogP contribution >= 0.6 is 15.9 Å². The summed E-state index contributed by atoms with van der Waals surface area (Å²) in [5.74, 6) is -0.269. The molecule has 0 aliphatic heterocycles. The molecule has 0 spiro atoms.